The Morgan fingerprint density at radius 3 is 2.45 bits per heavy atom. The lowest BCUT2D eigenvalue weighted by molar-refractivity contribution is -0.142. The lowest BCUT2D eigenvalue weighted by atomic mass is 9.52. The monoisotopic (exact) mass is 798 g/mol. The number of aromatic hydroxyl groups is 1. The Kier molecular flexibility index (Phi) is 9.11. The van der Waals surface area contributed by atoms with Gasteiger partial charge in [-0.25, -0.2) is 4.90 Å². The molecule has 2 saturated heterocycles. The van der Waals surface area contributed by atoms with Gasteiger partial charge in [0.25, 0.3) is 0 Å². The number of fused-ring (bicyclic) bond motifs is 5. The fraction of sp³-hybridized carbons (Fsp3) is 0.366. The Morgan fingerprint density at radius 1 is 1.05 bits per heavy atom. The molecule has 0 spiro atoms. The number of carboxylic acids is 1. The van der Waals surface area contributed by atoms with Crippen molar-refractivity contribution >= 4 is 74.5 Å². The molecular formula is C41H39ClN4O9S. The predicted molar refractivity (Wildman–Crippen MR) is 208 cm³/mol. The molecule has 2 aromatic carbocycles. The second-order valence-electron chi connectivity index (χ2n) is 15.0. The van der Waals surface area contributed by atoms with E-state index < -0.39 is 64.6 Å². The van der Waals surface area contributed by atoms with Crippen LogP contribution in [0.25, 0.3) is 26.7 Å². The number of nitrogens with zero attached hydrogens (tertiary/aromatic N) is 4. The first-order valence-electron chi connectivity index (χ1n) is 18.2. The molecule has 0 bridgehead atoms. The van der Waals surface area contributed by atoms with Crippen LogP contribution in [-0.4, -0.2) is 75.3 Å². The number of carbonyl (C=O) groups excluding carboxylic acids is 4. The highest BCUT2D eigenvalue weighted by molar-refractivity contribution is 7.22. The number of aliphatic carboxylic acids is 1. The van der Waals surface area contributed by atoms with E-state index >= 15 is 4.79 Å². The number of phenolic OH excluding ortho intramolecular Hbond substituents is 1. The van der Waals surface area contributed by atoms with Crippen molar-refractivity contribution in [3.63, 3.8) is 0 Å². The summed E-state index contributed by atoms with van der Waals surface area (Å²) in [5.41, 5.74) is 1.62. The van der Waals surface area contributed by atoms with Crippen LogP contribution in [0.2, 0.25) is 5.02 Å². The van der Waals surface area contributed by atoms with E-state index in [0.717, 1.165) is 31.0 Å². The zero-order valence-electron chi connectivity index (χ0n) is 31.2. The van der Waals surface area contributed by atoms with Crippen LogP contribution in [0.5, 0.6) is 17.2 Å². The standard InChI is InChI=1S/C41H39ClN4O9S/c1-19-24-16-21(42)7-11-31(24)56-36(19)28-18-32(44(3)43-28)46-38(51)27-17-25-22(8-9-23-34(25)39(52)45(37(23)50)13-12-33(47)48)26(41(27,2)40(46)53)10-6-20-14-29(54-4)35(49)30(15-20)55-5/h6-8,10-11,14-16,18,23,25-27,34,49H,9,12-13,17H2,1-5H3,(H,47,48)/t23-,25+,26-,27-,34-,41-/m0/s1. The number of hydrogen-bond donors (Lipinski definition) is 2. The van der Waals surface area contributed by atoms with E-state index in [1.54, 1.807) is 49.6 Å². The summed E-state index contributed by atoms with van der Waals surface area (Å²) in [5, 5.41) is 26.3. The van der Waals surface area contributed by atoms with Gasteiger partial charge in [0, 0.05) is 35.3 Å². The molecule has 56 heavy (non-hydrogen) atoms. The maximum atomic E-state index is 15.0. The lowest BCUT2D eigenvalue weighted by Crippen LogP contribution is -2.49. The van der Waals surface area contributed by atoms with E-state index in [0.29, 0.717) is 22.1 Å². The third kappa shape index (κ3) is 5.55. The zero-order valence-corrected chi connectivity index (χ0v) is 32.8. The first kappa shape index (κ1) is 37.5. The molecule has 15 heteroatoms. The van der Waals surface area contributed by atoms with Crippen LogP contribution < -0.4 is 14.4 Å². The normalized spacial score (nSPS) is 25.9. The van der Waals surface area contributed by atoms with Gasteiger partial charge < -0.3 is 19.7 Å². The number of benzene rings is 2. The summed E-state index contributed by atoms with van der Waals surface area (Å²) in [6, 6.07) is 10.7. The maximum absolute atomic E-state index is 15.0. The van der Waals surface area contributed by atoms with Crippen molar-refractivity contribution in [3.05, 3.63) is 70.3 Å². The molecule has 2 aliphatic heterocycles. The van der Waals surface area contributed by atoms with E-state index in [-0.39, 0.29) is 43.1 Å². The van der Waals surface area contributed by atoms with Gasteiger partial charge in [-0.2, -0.15) is 5.10 Å². The van der Waals surface area contributed by atoms with Crippen molar-refractivity contribution < 1.29 is 43.7 Å². The molecule has 290 valence electrons. The van der Waals surface area contributed by atoms with Gasteiger partial charge in [-0.3, -0.25) is 33.6 Å². The fourth-order valence-corrected chi connectivity index (χ4v) is 10.7. The summed E-state index contributed by atoms with van der Waals surface area (Å²) in [5.74, 6) is -6.03. The molecule has 13 nitrogen and oxygen atoms in total. The van der Waals surface area contributed by atoms with E-state index in [9.17, 15) is 29.4 Å². The SMILES string of the molecule is COc1cc(C=C[C@H]2C3=CC[C@@H]4C(=O)N(CCC(=O)O)C(=O)[C@@H]4[C@@H]3C[C@H]3C(=O)N(c4cc(-c5sc6ccc(Cl)cc6c5C)nn4C)C(=O)[C@@]23C)cc(OC)c1O. The fourth-order valence-electron chi connectivity index (χ4n) is 9.36. The second-order valence-corrected chi connectivity index (χ2v) is 16.5. The molecule has 4 amide bonds. The highest BCUT2D eigenvalue weighted by atomic mass is 35.5. The quantitative estimate of drug-likeness (QED) is 0.146. The molecule has 2 aromatic heterocycles. The van der Waals surface area contributed by atoms with Crippen LogP contribution in [-0.2, 0) is 31.0 Å². The number of allylic oxidation sites excluding steroid dienone is 3. The van der Waals surface area contributed by atoms with Gasteiger partial charge in [0.1, 0.15) is 11.5 Å². The van der Waals surface area contributed by atoms with Crippen molar-refractivity contribution in [1.29, 1.82) is 0 Å². The average Bonchev–Trinajstić information content (AvgIpc) is 3.84. The van der Waals surface area contributed by atoms with Crippen molar-refractivity contribution in [2.24, 2.45) is 42.1 Å². The number of carboxylic acid groups (broad SMARTS) is 1. The molecule has 4 aliphatic rings. The van der Waals surface area contributed by atoms with Gasteiger partial charge in [-0.15, -0.1) is 11.3 Å². The lowest BCUT2D eigenvalue weighted by Gasteiger charge is -2.47. The number of aromatic nitrogens is 2. The summed E-state index contributed by atoms with van der Waals surface area (Å²) in [7, 11) is 4.52. The summed E-state index contributed by atoms with van der Waals surface area (Å²) < 4.78 is 13.3. The smallest absolute Gasteiger partial charge is 0.305 e. The molecule has 3 fully saturated rings. The van der Waals surface area contributed by atoms with Gasteiger partial charge in [0.2, 0.25) is 29.4 Å². The van der Waals surface area contributed by atoms with Crippen LogP contribution >= 0.6 is 22.9 Å². The third-order valence-corrected chi connectivity index (χ3v) is 13.7. The van der Waals surface area contributed by atoms with Crippen molar-refractivity contribution in [2.75, 3.05) is 25.7 Å². The Morgan fingerprint density at radius 2 is 1.77 bits per heavy atom. The van der Waals surface area contributed by atoms with Crippen LogP contribution in [0.3, 0.4) is 0 Å². The molecule has 0 radical (unpaired) electrons. The van der Waals surface area contributed by atoms with E-state index in [1.807, 2.05) is 37.3 Å². The topological polar surface area (TPSA) is 169 Å². The molecule has 8 rings (SSSR count). The highest BCUT2D eigenvalue weighted by Gasteiger charge is 2.67. The minimum Gasteiger partial charge on any atom is -0.502 e. The average molecular weight is 799 g/mol. The summed E-state index contributed by atoms with van der Waals surface area (Å²) in [6.45, 7) is 3.53. The van der Waals surface area contributed by atoms with E-state index in [2.05, 4.69) is 0 Å². The molecule has 4 aromatic rings. The third-order valence-electron chi connectivity index (χ3n) is 12.2. The van der Waals surface area contributed by atoms with E-state index in [1.165, 1.54) is 23.8 Å². The Balaban J connectivity index is 1.22. The van der Waals surface area contributed by atoms with Crippen molar-refractivity contribution in [1.82, 2.24) is 14.7 Å². The number of ether oxygens (including phenoxy) is 2. The number of aryl methyl sites for hydroxylation is 2. The van der Waals surface area contributed by atoms with Gasteiger partial charge in [-0.1, -0.05) is 35.4 Å². The number of carbonyl (C=O) groups is 5. The van der Waals surface area contributed by atoms with Crippen LogP contribution in [0, 0.1) is 41.9 Å². The van der Waals surface area contributed by atoms with Crippen molar-refractivity contribution in [3.8, 4) is 27.8 Å². The molecule has 1 saturated carbocycles. The molecule has 2 N–H and O–H groups in total. The molecule has 2 aliphatic carbocycles. The first-order chi connectivity index (χ1) is 26.7. The van der Waals surface area contributed by atoms with Gasteiger partial charge in [-0.05, 0) is 79.5 Å². The maximum Gasteiger partial charge on any atom is 0.305 e. The summed E-state index contributed by atoms with van der Waals surface area (Å²) >= 11 is 7.85. The number of halogens is 1. The molecule has 4 heterocycles. The number of thiophene rings is 1. The van der Waals surface area contributed by atoms with Gasteiger partial charge in [0.05, 0.1) is 48.7 Å². The number of likely N-dealkylation sites (tertiary alicyclic amines) is 1. The van der Waals surface area contributed by atoms with E-state index in [4.69, 9.17) is 26.2 Å². The number of methoxy groups -OCH3 is 2. The second kappa shape index (κ2) is 13.6. The molecular weight excluding hydrogens is 760 g/mol. The highest BCUT2D eigenvalue weighted by Crippen LogP contribution is 2.61. The first-order valence-corrected chi connectivity index (χ1v) is 19.4. The number of anilines is 1. The number of hydrogen-bond acceptors (Lipinski definition) is 10. The number of phenols is 1. The van der Waals surface area contributed by atoms with Crippen LogP contribution in [0.1, 0.15) is 37.3 Å². The number of rotatable bonds is 9. The Bertz CT molecular complexity index is 2430. The van der Waals surface area contributed by atoms with Gasteiger partial charge in [0.15, 0.2) is 11.5 Å². The summed E-state index contributed by atoms with van der Waals surface area (Å²) in [6.07, 6.45) is 5.53. The molecule has 6 atom stereocenters. The van der Waals surface area contributed by atoms with Crippen LogP contribution in [0.15, 0.2) is 54.1 Å². The molecule has 0 unspecified atom stereocenters. The van der Waals surface area contributed by atoms with Gasteiger partial charge >= 0.3 is 5.97 Å². The number of imide groups is 2. The van der Waals surface area contributed by atoms with Crippen molar-refractivity contribution in [2.45, 2.75) is 33.1 Å². The largest absolute Gasteiger partial charge is 0.502 e. The predicted octanol–water partition coefficient (Wildman–Crippen LogP) is 6.24. The zero-order chi connectivity index (χ0) is 40.0. The minimum atomic E-state index is -1.31. The minimum absolute atomic E-state index is 0.141. The Labute approximate surface area is 330 Å². The summed E-state index contributed by atoms with van der Waals surface area (Å²) in [4.78, 5) is 71.9. The Hall–Kier alpha value is -5.47. The van der Waals surface area contributed by atoms with Crippen LogP contribution in [0.4, 0.5) is 5.82 Å². The number of amides is 4.